The first kappa shape index (κ1) is 14.7. The van der Waals surface area contributed by atoms with Gasteiger partial charge in [0.15, 0.2) is 0 Å². The molecule has 0 amide bonds. The minimum Gasteiger partial charge on any atom is -0.392 e. The molecule has 5 nitrogen and oxygen atoms in total. The third-order valence-corrected chi connectivity index (χ3v) is 3.31. The summed E-state index contributed by atoms with van der Waals surface area (Å²) in [5, 5.41) is 18.3. The average molecular weight is 274 g/mol. The van der Waals surface area contributed by atoms with E-state index in [1.54, 1.807) is 10.9 Å². The van der Waals surface area contributed by atoms with E-state index in [1.807, 2.05) is 45.2 Å². The van der Waals surface area contributed by atoms with Crippen LogP contribution in [0.3, 0.4) is 0 Å². The largest absolute Gasteiger partial charge is 0.392 e. The highest BCUT2D eigenvalue weighted by Gasteiger charge is 2.23. The monoisotopic (exact) mass is 274 g/mol. The van der Waals surface area contributed by atoms with Crippen LogP contribution in [0.2, 0.25) is 0 Å². The summed E-state index contributed by atoms with van der Waals surface area (Å²) in [6.45, 7) is 6.80. The molecule has 0 aliphatic carbocycles. The zero-order chi connectivity index (χ0) is 14.6. The maximum atomic E-state index is 10.1. The molecule has 0 aliphatic rings. The van der Waals surface area contributed by atoms with Crippen molar-refractivity contribution < 1.29 is 5.11 Å². The fraction of sp³-hybridized carbons (Fsp3) is 0.533. The van der Waals surface area contributed by atoms with Crippen LogP contribution in [-0.2, 0) is 19.4 Å². The topological polar surface area (TPSA) is 63.8 Å². The van der Waals surface area contributed by atoms with E-state index in [2.05, 4.69) is 15.3 Å². The van der Waals surface area contributed by atoms with Crippen LogP contribution in [0.5, 0.6) is 0 Å². The molecule has 1 atom stereocenters. The van der Waals surface area contributed by atoms with Crippen molar-refractivity contribution in [3.63, 3.8) is 0 Å². The number of aliphatic hydroxyl groups is 1. The second-order valence-electron chi connectivity index (χ2n) is 6.13. The highest BCUT2D eigenvalue weighted by atomic mass is 16.3. The molecule has 2 aromatic rings. The van der Waals surface area contributed by atoms with Crippen molar-refractivity contribution in [1.82, 2.24) is 20.0 Å². The van der Waals surface area contributed by atoms with E-state index in [9.17, 15) is 5.11 Å². The second kappa shape index (κ2) is 6.13. The van der Waals surface area contributed by atoms with Crippen molar-refractivity contribution >= 4 is 0 Å². The predicted molar refractivity (Wildman–Crippen MR) is 77.1 cm³/mol. The average Bonchev–Trinajstić information content (AvgIpc) is 2.84. The SMILES string of the molecule is CC(C)(C)C(O)Cc1cn(CCc2ccccn2)nn1. The van der Waals surface area contributed by atoms with Gasteiger partial charge in [-0.25, -0.2) is 0 Å². The van der Waals surface area contributed by atoms with E-state index in [0.29, 0.717) is 6.42 Å². The number of hydrogen-bond acceptors (Lipinski definition) is 4. The molecule has 5 heteroatoms. The number of aliphatic hydroxyl groups excluding tert-OH is 1. The third-order valence-electron chi connectivity index (χ3n) is 3.31. The van der Waals surface area contributed by atoms with Crippen LogP contribution < -0.4 is 0 Å². The third kappa shape index (κ3) is 4.13. The molecule has 0 spiro atoms. The highest BCUT2D eigenvalue weighted by molar-refractivity contribution is 5.03. The van der Waals surface area contributed by atoms with E-state index in [-0.39, 0.29) is 5.41 Å². The molecule has 0 aliphatic heterocycles. The standard InChI is InChI=1S/C15H22N4O/c1-15(2,3)14(20)10-13-11-19(18-17-13)9-7-12-6-4-5-8-16-12/h4-6,8,11,14,20H,7,9-10H2,1-3H3. The molecule has 0 aromatic carbocycles. The van der Waals surface area contributed by atoms with Crippen molar-refractivity contribution in [1.29, 1.82) is 0 Å². The Morgan fingerprint density at radius 2 is 2.05 bits per heavy atom. The summed E-state index contributed by atoms with van der Waals surface area (Å²) in [5.41, 5.74) is 1.73. The molecular formula is C15H22N4O. The fourth-order valence-electron chi connectivity index (χ4n) is 1.82. The van der Waals surface area contributed by atoms with Gasteiger partial charge >= 0.3 is 0 Å². The van der Waals surface area contributed by atoms with Crippen LogP contribution in [0.1, 0.15) is 32.2 Å². The number of pyridine rings is 1. The summed E-state index contributed by atoms with van der Waals surface area (Å²) in [6, 6.07) is 5.89. The van der Waals surface area contributed by atoms with Gasteiger partial charge in [0, 0.05) is 37.5 Å². The van der Waals surface area contributed by atoms with Crippen molar-refractivity contribution in [3.8, 4) is 0 Å². The molecule has 2 rings (SSSR count). The molecule has 108 valence electrons. The van der Waals surface area contributed by atoms with Crippen molar-refractivity contribution in [3.05, 3.63) is 42.0 Å². The van der Waals surface area contributed by atoms with Crippen LogP contribution in [0, 0.1) is 5.41 Å². The van der Waals surface area contributed by atoms with E-state index in [1.165, 1.54) is 0 Å². The van der Waals surface area contributed by atoms with Gasteiger partial charge in [0.1, 0.15) is 0 Å². The van der Waals surface area contributed by atoms with Gasteiger partial charge in [0.05, 0.1) is 11.8 Å². The molecule has 1 unspecified atom stereocenters. The lowest BCUT2D eigenvalue weighted by Gasteiger charge is -2.24. The molecule has 2 aromatic heterocycles. The Morgan fingerprint density at radius 1 is 1.25 bits per heavy atom. The minimum atomic E-state index is -0.413. The van der Waals surface area contributed by atoms with Gasteiger partial charge in [-0.1, -0.05) is 32.1 Å². The first-order chi connectivity index (χ1) is 9.45. The summed E-state index contributed by atoms with van der Waals surface area (Å²) >= 11 is 0. The normalized spacial score (nSPS) is 13.4. The smallest absolute Gasteiger partial charge is 0.0853 e. The van der Waals surface area contributed by atoms with Gasteiger partial charge in [0.2, 0.25) is 0 Å². The van der Waals surface area contributed by atoms with Crippen molar-refractivity contribution in [2.24, 2.45) is 5.41 Å². The van der Waals surface area contributed by atoms with Crippen LogP contribution in [0.25, 0.3) is 0 Å². The molecule has 0 saturated heterocycles. The minimum absolute atomic E-state index is 0.141. The lowest BCUT2D eigenvalue weighted by molar-refractivity contribution is 0.0627. The lowest BCUT2D eigenvalue weighted by Crippen LogP contribution is -2.28. The van der Waals surface area contributed by atoms with Crippen molar-refractivity contribution in [2.75, 3.05) is 0 Å². The summed E-state index contributed by atoms with van der Waals surface area (Å²) in [6.07, 6.45) is 4.64. The Hall–Kier alpha value is -1.75. The van der Waals surface area contributed by atoms with E-state index in [0.717, 1.165) is 24.4 Å². The number of aromatic nitrogens is 4. The second-order valence-corrected chi connectivity index (χ2v) is 6.13. The summed E-state index contributed by atoms with van der Waals surface area (Å²) in [4.78, 5) is 4.28. The van der Waals surface area contributed by atoms with Gasteiger partial charge in [-0.2, -0.15) is 0 Å². The Bertz CT molecular complexity index is 530. The zero-order valence-electron chi connectivity index (χ0n) is 12.3. The predicted octanol–water partition coefficient (Wildman–Crippen LogP) is 1.87. The molecule has 0 radical (unpaired) electrons. The van der Waals surface area contributed by atoms with Crippen LogP contribution in [0.4, 0.5) is 0 Å². The number of hydrogen-bond donors (Lipinski definition) is 1. The number of aryl methyl sites for hydroxylation is 2. The number of rotatable bonds is 5. The molecule has 1 N–H and O–H groups in total. The van der Waals surface area contributed by atoms with Gasteiger partial charge in [-0.05, 0) is 17.5 Å². The van der Waals surface area contributed by atoms with Gasteiger partial charge in [-0.3, -0.25) is 9.67 Å². The van der Waals surface area contributed by atoms with E-state index >= 15 is 0 Å². The quantitative estimate of drug-likeness (QED) is 0.904. The molecule has 20 heavy (non-hydrogen) atoms. The molecule has 0 bridgehead atoms. The summed E-state index contributed by atoms with van der Waals surface area (Å²) in [7, 11) is 0. The first-order valence-corrected chi connectivity index (χ1v) is 6.92. The Labute approximate surface area is 119 Å². The zero-order valence-corrected chi connectivity index (χ0v) is 12.3. The molecule has 0 saturated carbocycles. The van der Waals surface area contributed by atoms with Gasteiger partial charge < -0.3 is 5.11 Å². The Kier molecular flexibility index (Phi) is 4.49. The highest BCUT2D eigenvalue weighted by Crippen LogP contribution is 2.21. The van der Waals surface area contributed by atoms with Crippen LogP contribution in [-0.4, -0.2) is 31.2 Å². The Morgan fingerprint density at radius 3 is 2.70 bits per heavy atom. The molecule has 0 fully saturated rings. The van der Waals surface area contributed by atoms with E-state index in [4.69, 9.17) is 0 Å². The Balaban J connectivity index is 1.89. The summed E-state index contributed by atoms with van der Waals surface area (Å²) in [5.74, 6) is 0. The maximum Gasteiger partial charge on any atom is 0.0853 e. The summed E-state index contributed by atoms with van der Waals surface area (Å²) < 4.78 is 1.80. The van der Waals surface area contributed by atoms with Crippen LogP contribution >= 0.6 is 0 Å². The number of nitrogens with zero attached hydrogens (tertiary/aromatic N) is 4. The van der Waals surface area contributed by atoms with Gasteiger partial charge in [0.25, 0.3) is 0 Å². The first-order valence-electron chi connectivity index (χ1n) is 6.92. The molecular weight excluding hydrogens is 252 g/mol. The lowest BCUT2D eigenvalue weighted by atomic mass is 9.87. The van der Waals surface area contributed by atoms with Gasteiger partial charge in [-0.15, -0.1) is 5.10 Å². The van der Waals surface area contributed by atoms with E-state index < -0.39 is 6.10 Å². The maximum absolute atomic E-state index is 10.1. The fourth-order valence-corrected chi connectivity index (χ4v) is 1.82. The van der Waals surface area contributed by atoms with Crippen LogP contribution in [0.15, 0.2) is 30.6 Å². The van der Waals surface area contributed by atoms with Crippen molar-refractivity contribution in [2.45, 2.75) is 46.3 Å². The molecule has 2 heterocycles.